The molecular weight excluding hydrogens is 316 g/mol. The molecule has 1 aliphatic rings. The third-order valence-corrected chi connectivity index (χ3v) is 7.04. The summed E-state index contributed by atoms with van der Waals surface area (Å²) in [4.78, 5) is 17.0. The van der Waals surface area contributed by atoms with E-state index in [0.29, 0.717) is 5.75 Å². The molecule has 24 heavy (non-hydrogen) atoms. The summed E-state index contributed by atoms with van der Waals surface area (Å²) in [5.74, 6) is 0.889. The van der Waals surface area contributed by atoms with Crippen LogP contribution in [0.1, 0.15) is 52.6 Å². The first-order chi connectivity index (χ1) is 11.3. The number of thioether (sulfide) groups is 1. The van der Waals surface area contributed by atoms with Crippen LogP contribution < -0.4 is 0 Å². The van der Waals surface area contributed by atoms with E-state index in [1.54, 1.807) is 11.8 Å². The molecule has 0 aromatic heterocycles. The van der Waals surface area contributed by atoms with E-state index in [4.69, 9.17) is 0 Å². The lowest BCUT2D eigenvalue weighted by atomic mass is 9.89. The molecule has 2 rings (SSSR count). The lowest BCUT2D eigenvalue weighted by Gasteiger charge is -2.31. The Morgan fingerprint density at radius 2 is 1.46 bits per heavy atom. The number of nitrogens with zero attached hydrogens (tertiary/aromatic N) is 2. The molecule has 4 heteroatoms. The summed E-state index contributed by atoms with van der Waals surface area (Å²) in [7, 11) is 0. The van der Waals surface area contributed by atoms with Crippen molar-refractivity contribution in [3.8, 4) is 0 Å². The van der Waals surface area contributed by atoms with E-state index in [1.165, 1.54) is 33.4 Å². The van der Waals surface area contributed by atoms with Gasteiger partial charge in [0, 0.05) is 13.1 Å². The van der Waals surface area contributed by atoms with Crippen molar-refractivity contribution in [2.45, 2.75) is 53.8 Å². The van der Waals surface area contributed by atoms with Crippen LogP contribution in [0.5, 0.6) is 0 Å². The average molecular weight is 349 g/mol. The zero-order valence-corrected chi connectivity index (χ0v) is 17.1. The molecule has 0 spiro atoms. The highest BCUT2D eigenvalue weighted by atomic mass is 32.2. The molecule has 1 amide bonds. The minimum Gasteiger partial charge on any atom is -0.325 e. The van der Waals surface area contributed by atoms with E-state index in [-0.39, 0.29) is 11.3 Å². The topological polar surface area (TPSA) is 23.6 Å². The fraction of sp³-hybridized carbons (Fsp3) is 0.650. The van der Waals surface area contributed by atoms with Gasteiger partial charge in [-0.05, 0) is 81.1 Å². The Bertz CT molecular complexity index is 594. The highest BCUT2D eigenvalue weighted by Crippen LogP contribution is 2.43. The molecule has 1 fully saturated rings. The Kier molecular flexibility index (Phi) is 6.38. The summed E-state index contributed by atoms with van der Waals surface area (Å²) in [5.41, 5.74) is 8.21. The number of carbonyl (C=O) groups is 1. The smallest absolute Gasteiger partial charge is 0.233 e. The van der Waals surface area contributed by atoms with Crippen molar-refractivity contribution in [1.29, 1.82) is 0 Å². The average Bonchev–Trinajstić information content (AvgIpc) is 2.93. The third kappa shape index (κ3) is 3.50. The van der Waals surface area contributed by atoms with Gasteiger partial charge in [0.25, 0.3) is 0 Å². The maximum atomic E-state index is 12.5. The monoisotopic (exact) mass is 348 g/mol. The van der Waals surface area contributed by atoms with Crippen LogP contribution in [0.25, 0.3) is 0 Å². The van der Waals surface area contributed by atoms with Gasteiger partial charge < -0.3 is 9.80 Å². The maximum absolute atomic E-state index is 12.5. The number of hydrogen-bond acceptors (Lipinski definition) is 3. The third-order valence-electron chi connectivity index (χ3n) is 5.82. The van der Waals surface area contributed by atoms with Gasteiger partial charge in [0.05, 0.1) is 5.75 Å². The summed E-state index contributed by atoms with van der Waals surface area (Å²) in [6.07, 6.45) is 0. The quantitative estimate of drug-likeness (QED) is 0.772. The molecule has 1 aromatic carbocycles. The summed E-state index contributed by atoms with van der Waals surface area (Å²) in [6, 6.07) is 0. The Balaban J connectivity index is 2.35. The predicted octanol–water partition coefficient (Wildman–Crippen LogP) is 4.14. The van der Waals surface area contributed by atoms with Crippen molar-refractivity contribution < 1.29 is 4.79 Å². The van der Waals surface area contributed by atoms with E-state index in [1.807, 2.05) is 0 Å². The van der Waals surface area contributed by atoms with Gasteiger partial charge in [-0.25, -0.2) is 0 Å². The van der Waals surface area contributed by atoms with Crippen molar-refractivity contribution in [1.82, 2.24) is 9.80 Å². The van der Waals surface area contributed by atoms with Gasteiger partial charge >= 0.3 is 0 Å². The zero-order valence-electron chi connectivity index (χ0n) is 16.3. The lowest BCUT2D eigenvalue weighted by molar-refractivity contribution is -0.128. The molecule has 0 aliphatic carbocycles. The molecule has 0 saturated carbocycles. The van der Waals surface area contributed by atoms with Gasteiger partial charge in [0.2, 0.25) is 5.91 Å². The number of rotatable bonds is 6. The minimum atomic E-state index is 0.172. The SMILES string of the molecule is CCN(CC)CCN1C(=O)CSC1c1c(C)c(C)c(C)c(C)c1C. The van der Waals surface area contributed by atoms with Crippen LogP contribution in [0, 0.1) is 34.6 Å². The zero-order chi connectivity index (χ0) is 18.0. The van der Waals surface area contributed by atoms with Crippen LogP contribution in [0.2, 0.25) is 0 Å². The van der Waals surface area contributed by atoms with Crippen molar-refractivity contribution >= 4 is 17.7 Å². The number of hydrogen-bond donors (Lipinski definition) is 0. The Hall–Kier alpha value is -1.00. The second-order valence-electron chi connectivity index (χ2n) is 6.82. The fourth-order valence-corrected chi connectivity index (χ4v) is 5.01. The molecule has 1 unspecified atom stereocenters. The number of carbonyl (C=O) groups excluding carboxylic acids is 1. The first kappa shape index (κ1) is 19.3. The first-order valence-electron chi connectivity index (χ1n) is 9.03. The van der Waals surface area contributed by atoms with Crippen LogP contribution in [0.15, 0.2) is 0 Å². The van der Waals surface area contributed by atoms with E-state index < -0.39 is 0 Å². The maximum Gasteiger partial charge on any atom is 0.233 e. The molecule has 3 nitrogen and oxygen atoms in total. The largest absolute Gasteiger partial charge is 0.325 e. The lowest BCUT2D eigenvalue weighted by Crippen LogP contribution is -2.37. The van der Waals surface area contributed by atoms with Crippen LogP contribution in [-0.4, -0.2) is 47.6 Å². The molecular formula is C20H32N2OS. The minimum absolute atomic E-state index is 0.172. The van der Waals surface area contributed by atoms with Crippen LogP contribution in [0.3, 0.4) is 0 Å². The van der Waals surface area contributed by atoms with E-state index >= 15 is 0 Å². The van der Waals surface area contributed by atoms with Crippen molar-refractivity contribution in [3.05, 3.63) is 33.4 Å². The van der Waals surface area contributed by atoms with Crippen molar-refractivity contribution in [3.63, 3.8) is 0 Å². The Labute approximate surface area is 151 Å². The molecule has 0 radical (unpaired) electrons. The highest BCUT2D eigenvalue weighted by Gasteiger charge is 2.35. The van der Waals surface area contributed by atoms with Crippen LogP contribution in [-0.2, 0) is 4.79 Å². The van der Waals surface area contributed by atoms with E-state index in [2.05, 4.69) is 58.3 Å². The second-order valence-corrected chi connectivity index (χ2v) is 7.88. The van der Waals surface area contributed by atoms with Gasteiger partial charge in [-0.3, -0.25) is 4.79 Å². The Morgan fingerprint density at radius 1 is 0.958 bits per heavy atom. The van der Waals surface area contributed by atoms with Gasteiger partial charge in [-0.2, -0.15) is 0 Å². The fourth-order valence-electron chi connectivity index (χ4n) is 3.62. The highest BCUT2D eigenvalue weighted by molar-refractivity contribution is 8.00. The predicted molar refractivity (Wildman–Crippen MR) is 105 cm³/mol. The summed E-state index contributed by atoms with van der Waals surface area (Å²) < 4.78 is 0. The molecule has 1 saturated heterocycles. The van der Waals surface area contributed by atoms with E-state index in [9.17, 15) is 4.79 Å². The molecule has 1 atom stereocenters. The molecule has 0 N–H and O–H groups in total. The number of likely N-dealkylation sites (N-methyl/N-ethyl adjacent to an activating group) is 1. The first-order valence-corrected chi connectivity index (χ1v) is 10.1. The van der Waals surface area contributed by atoms with Crippen LogP contribution in [0.4, 0.5) is 0 Å². The Morgan fingerprint density at radius 3 is 1.96 bits per heavy atom. The van der Waals surface area contributed by atoms with Gasteiger partial charge in [-0.1, -0.05) is 13.8 Å². The van der Waals surface area contributed by atoms with Crippen molar-refractivity contribution in [2.24, 2.45) is 0 Å². The van der Waals surface area contributed by atoms with Gasteiger partial charge in [-0.15, -0.1) is 11.8 Å². The molecule has 1 aromatic rings. The van der Waals surface area contributed by atoms with Gasteiger partial charge in [0.15, 0.2) is 0 Å². The van der Waals surface area contributed by atoms with E-state index in [0.717, 1.165) is 26.2 Å². The molecule has 1 heterocycles. The normalized spacial score (nSPS) is 18.1. The number of benzene rings is 1. The second kappa shape index (κ2) is 7.92. The van der Waals surface area contributed by atoms with Crippen LogP contribution >= 0.6 is 11.8 Å². The van der Waals surface area contributed by atoms with Gasteiger partial charge in [0.1, 0.15) is 5.37 Å². The standard InChI is InChI=1S/C20H32N2OS/c1-8-21(9-2)10-11-22-18(23)12-24-20(22)19-16(6)14(4)13(3)15(5)17(19)7/h20H,8-12H2,1-7H3. The summed E-state index contributed by atoms with van der Waals surface area (Å²) in [5, 5.41) is 0.172. The van der Waals surface area contributed by atoms with Crippen molar-refractivity contribution in [2.75, 3.05) is 31.9 Å². The molecule has 134 valence electrons. The summed E-state index contributed by atoms with van der Waals surface area (Å²) in [6.45, 7) is 19.3. The summed E-state index contributed by atoms with van der Waals surface area (Å²) >= 11 is 1.79. The molecule has 0 bridgehead atoms. The number of amides is 1. The molecule has 1 aliphatic heterocycles.